The molecule has 0 aliphatic rings. The second-order valence-electron chi connectivity index (χ2n) is 5.87. The zero-order chi connectivity index (χ0) is 22.2. The molecule has 2 aromatic carbocycles. The van der Waals surface area contributed by atoms with Crippen LogP contribution < -0.4 is 15.8 Å². The van der Waals surface area contributed by atoms with Crippen molar-refractivity contribution in [2.75, 3.05) is 11.6 Å². The minimum atomic E-state index is -3.67. The van der Waals surface area contributed by atoms with Gasteiger partial charge in [-0.25, -0.2) is 4.79 Å². The largest absolute Gasteiger partial charge is 0.481 e. The van der Waals surface area contributed by atoms with Crippen LogP contribution in [0.1, 0.15) is 28.8 Å². The fraction of sp³-hybridized carbons (Fsp3) is 0.167. The van der Waals surface area contributed by atoms with Crippen LogP contribution in [0, 0.1) is 5.41 Å². The van der Waals surface area contributed by atoms with E-state index in [1.807, 2.05) is 0 Å². The third-order valence-electron chi connectivity index (χ3n) is 3.36. The summed E-state index contributed by atoms with van der Waals surface area (Å²) in [5, 5.41) is 18.7. The maximum atomic E-state index is 12.1. The van der Waals surface area contributed by atoms with Gasteiger partial charge < -0.3 is 20.9 Å². The summed E-state index contributed by atoms with van der Waals surface area (Å²) in [7, 11) is -3.67. The monoisotopic (exact) mass is 423 g/mol. The Labute approximate surface area is 167 Å². The number of esters is 1. The summed E-state index contributed by atoms with van der Waals surface area (Å²) in [5.41, 5.74) is 6.78. The Hall–Kier alpha value is -3.44. The molecule has 0 fully saturated rings. The molecule has 0 aliphatic heterocycles. The Kier molecular flexibility index (Phi) is 8.30. The highest BCUT2D eigenvalue weighted by atomic mass is 32.2. The van der Waals surface area contributed by atoms with Gasteiger partial charge >= 0.3 is 11.9 Å². The molecule has 1 atom stereocenters. The smallest absolute Gasteiger partial charge is 0.343 e. The van der Waals surface area contributed by atoms with Gasteiger partial charge in [0.25, 0.3) is 10.1 Å². The molecule has 0 aliphatic carbocycles. The van der Waals surface area contributed by atoms with Crippen molar-refractivity contribution >= 4 is 33.7 Å². The SMILES string of the molecule is CS(=O)(=O)O.C[C@H](C(=O)O)c1ccc(OC(=O)c2ccc(NC(=N)N)cc2)cc1. The third-order valence-corrected chi connectivity index (χ3v) is 3.36. The lowest BCUT2D eigenvalue weighted by molar-refractivity contribution is -0.138. The van der Waals surface area contributed by atoms with Crippen LogP contribution in [0.5, 0.6) is 5.75 Å². The highest BCUT2D eigenvalue weighted by Gasteiger charge is 2.14. The van der Waals surface area contributed by atoms with Crippen LogP contribution in [0.3, 0.4) is 0 Å². The average Bonchev–Trinajstić information content (AvgIpc) is 2.60. The van der Waals surface area contributed by atoms with Gasteiger partial charge in [-0.15, -0.1) is 0 Å². The Morgan fingerprint density at radius 1 is 1.10 bits per heavy atom. The first kappa shape index (κ1) is 23.6. The van der Waals surface area contributed by atoms with E-state index in [-0.39, 0.29) is 5.96 Å². The van der Waals surface area contributed by atoms with E-state index in [4.69, 9.17) is 25.5 Å². The van der Waals surface area contributed by atoms with E-state index in [0.717, 1.165) is 0 Å². The van der Waals surface area contributed by atoms with Crippen molar-refractivity contribution in [1.82, 2.24) is 0 Å². The van der Waals surface area contributed by atoms with Crippen LogP contribution in [-0.4, -0.2) is 42.2 Å². The summed E-state index contributed by atoms with van der Waals surface area (Å²) in [6.45, 7) is 1.58. The lowest BCUT2D eigenvalue weighted by Gasteiger charge is -2.09. The minimum Gasteiger partial charge on any atom is -0.481 e. The number of benzene rings is 2. The van der Waals surface area contributed by atoms with Crippen LogP contribution in [0.2, 0.25) is 0 Å². The number of rotatable bonds is 5. The Balaban J connectivity index is 0.000000749. The number of nitrogens with one attached hydrogen (secondary N) is 2. The summed E-state index contributed by atoms with van der Waals surface area (Å²) < 4.78 is 31.1. The average molecular weight is 423 g/mol. The van der Waals surface area contributed by atoms with Crippen LogP contribution in [0.25, 0.3) is 0 Å². The molecule has 0 radical (unpaired) electrons. The van der Waals surface area contributed by atoms with Crippen LogP contribution in [0.15, 0.2) is 48.5 Å². The van der Waals surface area contributed by atoms with Gasteiger partial charge in [0.1, 0.15) is 5.75 Å². The van der Waals surface area contributed by atoms with Gasteiger partial charge in [-0.1, -0.05) is 12.1 Å². The lowest BCUT2D eigenvalue weighted by atomic mass is 10.0. The van der Waals surface area contributed by atoms with Crippen molar-refractivity contribution in [2.24, 2.45) is 5.73 Å². The fourth-order valence-corrected chi connectivity index (χ4v) is 1.98. The molecule has 2 rings (SSSR count). The first-order valence-corrected chi connectivity index (χ1v) is 9.90. The number of hydrogen-bond acceptors (Lipinski definition) is 6. The number of ether oxygens (including phenoxy) is 1. The van der Waals surface area contributed by atoms with Crippen LogP contribution in [0.4, 0.5) is 5.69 Å². The number of carbonyl (C=O) groups is 2. The summed E-state index contributed by atoms with van der Waals surface area (Å²) >= 11 is 0. The molecule has 0 bridgehead atoms. The summed E-state index contributed by atoms with van der Waals surface area (Å²) in [6, 6.07) is 12.6. The topological polar surface area (TPSA) is 180 Å². The zero-order valence-corrected chi connectivity index (χ0v) is 16.4. The Bertz CT molecular complexity index is 964. The number of carboxylic acid groups (broad SMARTS) is 1. The zero-order valence-electron chi connectivity index (χ0n) is 15.6. The van der Waals surface area contributed by atoms with Gasteiger partial charge in [-0.3, -0.25) is 14.8 Å². The molecule has 0 amide bonds. The molecule has 2 aromatic rings. The molecule has 0 saturated heterocycles. The highest BCUT2D eigenvalue weighted by Crippen LogP contribution is 2.20. The van der Waals surface area contributed by atoms with E-state index in [9.17, 15) is 18.0 Å². The molecule has 0 aromatic heterocycles. The standard InChI is InChI=1S/C17H17N3O4.CH4O3S/c1-10(15(21)22)11-4-8-14(9-5-11)24-16(23)12-2-6-13(7-3-12)20-17(18)19;1-5(2,3)4/h2-10H,1H3,(H,21,22)(H4,18,19,20);1H3,(H,2,3,4)/t10-;/m0./s1. The number of guanidine groups is 1. The molecule has 0 spiro atoms. The van der Waals surface area contributed by atoms with Crippen molar-refractivity contribution < 1.29 is 32.4 Å². The number of carbonyl (C=O) groups excluding carboxylic acids is 1. The summed E-state index contributed by atoms with van der Waals surface area (Å²) in [6.07, 6.45) is 0.715. The van der Waals surface area contributed by atoms with E-state index >= 15 is 0 Å². The number of hydrogen-bond donors (Lipinski definition) is 5. The molecule has 29 heavy (non-hydrogen) atoms. The van der Waals surface area contributed by atoms with Gasteiger partial charge in [-0.2, -0.15) is 8.42 Å². The molecule has 156 valence electrons. The second kappa shape index (κ2) is 10.2. The van der Waals surface area contributed by atoms with Crippen molar-refractivity contribution in [1.29, 1.82) is 5.41 Å². The summed E-state index contributed by atoms with van der Waals surface area (Å²) in [4.78, 5) is 23.0. The number of aliphatic carboxylic acids is 1. The number of anilines is 1. The maximum Gasteiger partial charge on any atom is 0.343 e. The third kappa shape index (κ3) is 9.35. The van der Waals surface area contributed by atoms with Crippen molar-refractivity contribution in [3.05, 3.63) is 59.7 Å². The normalized spacial score (nSPS) is 11.4. The minimum absolute atomic E-state index is 0.194. The fourth-order valence-electron chi connectivity index (χ4n) is 1.98. The first-order valence-electron chi connectivity index (χ1n) is 8.05. The Morgan fingerprint density at radius 3 is 2.00 bits per heavy atom. The highest BCUT2D eigenvalue weighted by molar-refractivity contribution is 7.85. The molecule has 0 heterocycles. The van der Waals surface area contributed by atoms with E-state index in [0.29, 0.717) is 28.8 Å². The molecule has 0 saturated carbocycles. The van der Waals surface area contributed by atoms with Gasteiger partial charge in [0.15, 0.2) is 5.96 Å². The van der Waals surface area contributed by atoms with E-state index in [1.165, 1.54) is 0 Å². The van der Waals surface area contributed by atoms with E-state index in [2.05, 4.69) is 5.32 Å². The predicted octanol–water partition coefficient (Wildman–Crippen LogP) is 1.90. The lowest BCUT2D eigenvalue weighted by Crippen LogP contribution is -2.20. The van der Waals surface area contributed by atoms with Crippen LogP contribution >= 0.6 is 0 Å². The van der Waals surface area contributed by atoms with E-state index in [1.54, 1.807) is 55.5 Å². The first-order chi connectivity index (χ1) is 13.4. The summed E-state index contributed by atoms with van der Waals surface area (Å²) in [5.74, 6) is -1.95. The number of carboxylic acids is 1. The van der Waals surface area contributed by atoms with Gasteiger partial charge in [0, 0.05) is 5.69 Å². The van der Waals surface area contributed by atoms with Crippen molar-refractivity contribution in [3.8, 4) is 5.75 Å². The molecular weight excluding hydrogens is 402 g/mol. The maximum absolute atomic E-state index is 12.1. The van der Waals surface area contributed by atoms with Crippen LogP contribution in [-0.2, 0) is 14.9 Å². The quantitative estimate of drug-likeness (QED) is 0.158. The van der Waals surface area contributed by atoms with Gasteiger partial charge in [-0.05, 0) is 48.9 Å². The predicted molar refractivity (Wildman–Crippen MR) is 107 cm³/mol. The van der Waals surface area contributed by atoms with Crippen molar-refractivity contribution in [3.63, 3.8) is 0 Å². The molecule has 10 nitrogen and oxygen atoms in total. The molecule has 6 N–H and O–H groups in total. The molecular formula is C18H21N3O7S. The second-order valence-corrected chi connectivity index (χ2v) is 7.33. The number of nitrogens with two attached hydrogens (primary N) is 1. The molecule has 0 unspecified atom stereocenters. The molecule has 11 heteroatoms. The van der Waals surface area contributed by atoms with Gasteiger partial charge in [0.2, 0.25) is 0 Å². The van der Waals surface area contributed by atoms with E-state index < -0.39 is 28.0 Å². The van der Waals surface area contributed by atoms with Crippen molar-refractivity contribution in [2.45, 2.75) is 12.8 Å². The Morgan fingerprint density at radius 2 is 1.59 bits per heavy atom. The van der Waals surface area contributed by atoms with Gasteiger partial charge in [0.05, 0.1) is 17.7 Å².